The van der Waals surface area contributed by atoms with Gasteiger partial charge >= 0.3 is 5.97 Å². The van der Waals surface area contributed by atoms with Crippen LogP contribution in [0.25, 0.3) is 11.3 Å². The van der Waals surface area contributed by atoms with Gasteiger partial charge in [0.1, 0.15) is 11.3 Å². The fourth-order valence-corrected chi connectivity index (χ4v) is 2.71. The molecule has 2 N–H and O–H groups in total. The minimum absolute atomic E-state index is 0.343. The summed E-state index contributed by atoms with van der Waals surface area (Å²) in [4.78, 5) is 12.4. The maximum atomic E-state index is 12.1. The van der Waals surface area contributed by atoms with Crippen LogP contribution in [0.5, 0.6) is 0 Å². The first kappa shape index (κ1) is 15.0. The van der Waals surface area contributed by atoms with Crippen molar-refractivity contribution in [1.82, 2.24) is 4.37 Å². The van der Waals surface area contributed by atoms with E-state index in [2.05, 4.69) is 20.3 Å². The number of carbonyl (C=O) groups excluding carboxylic acids is 1. The molecule has 4 nitrogen and oxygen atoms in total. The van der Waals surface area contributed by atoms with Gasteiger partial charge in [-0.05, 0) is 44.4 Å². The Morgan fingerprint density at radius 2 is 2.10 bits per heavy atom. The SMILES string of the molecule is CC(C)(C)OC(=O)c1snc(-c2cccc(Br)c2)c1N. The number of nitrogens with zero attached hydrogens (tertiary/aromatic N) is 1. The Balaban J connectivity index is 2.34. The van der Waals surface area contributed by atoms with Gasteiger partial charge in [-0.15, -0.1) is 0 Å². The molecular weight excluding hydrogens is 340 g/mol. The topological polar surface area (TPSA) is 65.2 Å². The highest BCUT2D eigenvalue weighted by Gasteiger charge is 2.24. The minimum atomic E-state index is -0.552. The largest absolute Gasteiger partial charge is 0.456 e. The summed E-state index contributed by atoms with van der Waals surface area (Å²) in [5.41, 5.74) is 7.32. The summed E-state index contributed by atoms with van der Waals surface area (Å²) in [5, 5.41) is 0. The molecule has 0 radical (unpaired) electrons. The minimum Gasteiger partial charge on any atom is -0.456 e. The lowest BCUT2D eigenvalue weighted by Gasteiger charge is -2.18. The third-order valence-electron chi connectivity index (χ3n) is 2.41. The summed E-state index contributed by atoms with van der Waals surface area (Å²) in [6.45, 7) is 5.45. The van der Waals surface area contributed by atoms with E-state index in [0.717, 1.165) is 21.6 Å². The molecule has 1 heterocycles. The highest BCUT2D eigenvalue weighted by atomic mass is 79.9. The van der Waals surface area contributed by atoms with E-state index in [1.807, 2.05) is 45.0 Å². The number of carbonyl (C=O) groups is 1. The number of rotatable bonds is 2. The van der Waals surface area contributed by atoms with Crippen LogP contribution in [0.4, 0.5) is 5.69 Å². The van der Waals surface area contributed by atoms with Gasteiger partial charge in [-0.25, -0.2) is 4.79 Å². The normalized spacial score (nSPS) is 11.4. The first-order valence-electron chi connectivity index (χ1n) is 6.02. The lowest BCUT2D eigenvalue weighted by Crippen LogP contribution is -2.23. The molecular formula is C14H15BrN2O2S. The van der Waals surface area contributed by atoms with E-state index in [1.165, 1.54) is 0 Å². The van der Waals surface area contributed by atoms with E-state index in [9.17, 15) is 4.79 Å². The maximum Gasteiger partial charge on any atom is 0.352 e. The Kier molecular flexibility index (Phi) is 4.15. The van der Waals surface area contributed by atoms with Crippen LogP contribution >= 0.6 is 27.5 Å². The van der Waals surface area contributed by atoms with Crippen molar-refractivity contribution in [2.75, 3.05) is 5.73 Å². The molecule has 2 aromatic rings. The third kappa shape index (κ3) is 3.37. The molecule has 0 aliphatic carbocycles. The average Bonchev–Trinajstić information content (AvgIpc) is 2.69. The van der Waals surface area contributed by atoms with Crippen molar-refractivity contribution in [3.8, 4) is 11.3 Å². The fourth-order valence-electron chi connectivity index (χ4n) is 1.61. The fraction of sp³-hybridized carbons (Fsp3) is 0.286. The number of anilines is 1. The van der Waals surface area contributed by atoms with Crippen LogP contribution in [-0.2, 0) is 4.74 Å². The average molecular weight is 355 g/mol. The van der Waals surface area contributed by atoms with Crippen LogP contribution in [-0.4, -0.2) is 15.9 Å². The Hall–Kier alpha value is -1.40. The van der Waals surface area contributed by atoms with Crippen LogP contribution in [0.3, 0.4) is 0 Å². The molecule has 0 spiro atoms. The summed E-state index contributed by atoms with van der Waals surface area (Å²) in [6.07, 6.45) is 0. The van der Waals surface area contributed by atoms with E-state index in [4.69, 9.17) is 10.5 Å². The van der Waals surface area contributed by atoms with Gasteiger partial charge in [-0.3, -0.25) is 0 Å². The lowest BCUT2D eigenvalue weighted by molar-refractivity contribution is 0.00764. The zero-order chi connectivity index (χ0) is 14.9. The van der Waals surface area contributed by atoms with Gasteiger partial charge in [0, 0.05) is 10.0 Å². The summed E-state index contributed by atoms with van der Waals surface area (Å²) in [7, 11) is 0. The van der Waals surface area contributed by atoms with Gasteiger partial charge in [-0.2, -0.15) is 4.37 Å². The quantitative estimate of drug-likeness (QED) is 0.824. The van der Waals surface area contributed by atoms with Crippen molar-refractivity contribution in [2.45, 2.75) is 26.4 Å². The molecule has 106 valence electrons. The Morgan fingerprint density at radius 1 is 1.40 bits per heavy atom. The van der Waals surface area contributed by atoms with E-state index in [0.29, 0.717) is 16.3 Å². The Bertz CT molecular complexity index is 647. The highest BCUT2D eigenvalue weighted by molar-refractivity contribution is 9.10. The van der Waals surface area contributed by atoms with E-state index in [-0.39, 0.29) is 0 Å². The molecule has 0 saturated carbocycles. The summed E-state index contributed by atoms with van der Waals surface area (Å²) >= 11 is 4.46. The number of ether oxygens (including phenoxy) is 1. The van der Waals surface area contributed by atoms with Crippen molar-refractivity contribution in [3.63, 3.8) is 0 Å². The Morgan fingerprint density at radius 3 is 2.70 bits per heavy atom. The van der Waals surface area contributed by atoms with E-state index in [1.54, 1.807) is 0 Å². The van der Waals surface area contributed by atoms with Crippen molar-refractivity contribution in [3.05, 3.63) is 33.6 Å². The van der Waals surface area contributed by atoms with Gasteiger partial charge in [0.05, 0.1) is 5.69 Å². The molecule has 0 aliphatic heterocycles. The highest BCUT2D eigenvalue weighted by Crippen LogP contribution is 2.33. The predicted octanol–water partition coefficient (Wildman–Crippen LogP) is 4.11. The van der Waals surface area contributed by atoms with E-state index < -0.39 is 11.6 Å². The molecule has 0 amide bonds. The number of nitrogens with two attached hydrogens (primary N) is 1. The lowest BCUT2D eigenvalue weighted by atomic mass is 10.1. The van der Waals surface area contributed by atoms with Crippen molar-refractivity contribution < 1.29 is 9.53 Å². The molecule has 20 heavy (non-hydrogen) atoms. The molecule has 1 aromatic heterocycles. The maximum absolute atomic E-state index is 12.1. The van der Waals surface area contributed by atoms with Crippen molar-refractivity contribution in [2.24, 2.45) is 0 Å². The van der Waals surface area contributed by atoms with Crippen molar-refractivity contribution >= 4 is 39.1 Å². The zero-order valence-electron chi connectivity index (χ0n) is 11.4. The first-order chi connectivity index (χ1) is 9.28. The number of halogens is 1. The van der Waals surface area contributed by atoms with Gasteiger partial charge < -0.3 is 10.5 Å². The standard InChI is InChI=1S/C14H15BrN2O2S/c1-14(2,3)19-13(18)12-10(16)11(17-20-12)8-5-4-6-9(15)7-8/h4-7H,16H2,1-3H3. The van der Waals surface area contributed by atoms with Crippen LogP contribution in [0.15, 0.2) is 28.7 Å². The molecule has 0 bridgehead atoms. The van der Waals surface area contributed by atoms with Gasteiger partial charge in [0.15, 0.2) is 4.88 Å². The summed E-state index contributed by atoms with van der Waals surface area (Å²) in [6, 6.07) is 7.62. The molecule has 2 rings (SSSR count). The van der Waals surface area contributed by atoms with Gasteiger partial charge in [0.25, 0.3) is 0 Å². The first-order valence-corrected chi connectivity index (χ1v) is 7.59. The molecule has 1 aromatic carbocycles. The van der Waals surface area contributed by atoms with Gasteiger partial charge in [0.2, 0.25) is 0 Å². The zero-order valence-corrected chi connectivity index (χ0v) is 13.8. The second-order valence-electron chi connectivity index (χ2n) is 5.29. The number of esters is 1. The van der Waals surface area contributed by atoms with Crippen LogP contribution in [0, 0.1) is 0 Å². The van der Waals surface area contributed by atoms with E-state index >= 15 is 0 Å². The molecule has 0 aliphatic rings. The summed E-state index contributed by atoms with van der Waals surface area (Å²) < 4.78 is 10.5. The number of hydrogen-bond acceptors (Lipinski definition) is 5. The van der Waals surface area contributed by atoms with Crippen LogP contribution in [0.2, 0.25) is 0 Å². The molecule has 0 unspecified atom stereocenters. The number of benzene rings is 1. The monoisotopic (exact) mass is 354 g/mol. The molecule has 6 heteroatoms. The molecule has 0 saturated heterocycles. The number of nitrogen functional groups attached to an aromatic ring is 1. The molecule has 0 fully saturated rings. The molecule has 0 atom stereocenters. The van der Waals surface area contributed by atoms with Crippen LogP contribution < -0.4 is 5.73 Å². The Labute approximate surface area is 130 Å². The van der Waals surface area contributed by atoms with Gasteiger partial charge in [-0.1, -0.05) is 28.1 Å². The smallest absolute Gasteiger partial charge is 0.352 e. The number of aromatic nitrogens is 1. The third-order valence-corrected chi connectivity index (χ3v) is 3.75. The van der Waals surface area contributed by atoms with Crippen molar-refractivity contribution in [1.29, 1.82) is 0 Å². The summed E-state index contributed by atoms with van der Waals surface area (Å²) in [5.74, 6) is -0.436. The predicted molar refractivity (Wildman–Crippen MR) is 84.8 cm³/mol. The second-order valence-corrected chi connectivity index (χ2v) is 6.98. The second kappa shape index (κ2) is 5.54. The van der Waals surface area contributed by atoms with Crippen LogP contribution in [0.1, 0.15) is 30.4 Å². The number of hydrogen-bond donors (Lipinski definition) is 1.